The average molecular weight is 819 g/mol. The number of hydrogen-bond donors (Lipinski definition) is 0. The second kappa shape index (κ2) is 19.9. The summed E-state index contributed by atoms with van der Waals surface area (Å²) in [5.74, 6) is 2.85. The monoisotopic (exact) mass is 818 g/mol. The molecule has 0 spiro atoms. The number of unbranched alkanes of at least 4 members (excludes halogenated alkanes) is 3. The summed E-state index contributed by atoms with van der Waals surface area (Å²) in [6.45, 7) is 1.77. The van der Waals surface area contributed by atoms with Gasteiger partial charge in [-0.3, -0.25) is 0 Å². The van der Waals surface area contributed by atoms with Crippen LogP contribution in [0, 0.1) is 0 Å². The van der Waals surface area contributed by atoms with Crippen molar-refractivity contribution in [3.63, 3.8) is 0 Å². The van der Waals surface area contributed by atoms with Gasteiger partial charge >= 0.3 is 0 Å². The number of methoxy groups -OCH3 is 4. The minimum Gasteiger partial charge on any atom is -0.493 e. The molecule has 0 atom stereocenters. The van der Waals surface area contributed by atoms with Gasteiger partial charge in [-0.05, 0) is 108 Å². The average Bonchev–Trinajstić information content (AvgIpc) is 3.35. The third kappa shape index (κ3) is 9.25. The van der Waals surface area contributed by atoms with Crippen LogP contribution < -0.4 is 28.1 Å². The first-order chi connectivity index (χ1) is 30.6. The molecular weight excluding hydrogens is 765 g/mol. The second-order valence-corrected chi connectivity index (χ2v) is 15.4. The topological polar surface area (TPSA) is 44.7 Å². The lowest BCUT2D eigenvalue weighted by molar-refractivity contribution is -0.677. The molecule has 0 N–H and O–H groups in total. The lowest BCUT2D eigenvalue weighted by Crippen LogP contribution is -2.39. The number of rotatable bonds is 17. The van der Waals surface area contributed by atoms with Crippen LogP contribution in [0.5, 0.6) is 23.0 Å². The summed E-state index contributed by atoms with van der Waals surface area (Å²) in [6.07, 6.45) is 4.27. The Hall–Kier alpha value is -7.18. The second-order valence-electron chi connectivity index (χ2n) is 15.4. The molecule has 6 nitrogen and oxygen atoms in total. The molecule has 0 fully saturated rings. The fourth-order valence-corrected chi connectivity index (χ4v) is 8.38. The highest BCUT2D eigenvalue weighted by molar-refractivity contribution is 5.77. The lowest BCUT2D eigenvalue weighted by Gasteiger charge is -2.15. The van der Waals surface area contributed by atoms with Crippen LogP contribution >= 0.6 is 0 Å². The molecule has 0 aliphatic carbocycles. The Kier molecular flexibility index (Phi) is 13.3. The van der Waals surface area contributed by atoms with Gasteiger partial charge in [0.05, 0.1) is 28.4 Å². The molecule has 6 aromatic carbocycles. The molecule has 310 valence electrons. The van der Waals surface area contributed by atoms with E-state index in [1.54, 1.807) is 28.4 Å². The van der Waals surface area contributed by atoms with Gasteiger partial charge in [0.15, 0.2) is 23.0 Å². The predicted molar refractivity (Wildman–Crippen MR) is 251 cm³/mol. The van der Waals surface area contributed by atoms with Crippen molar-refractivity contribution in [3.05, 3.63) is 182 Å². The van der Waals surface area contributed by atoms with Crippen LogP contribution in [0.3, 0.4) is 0 Å². The van der Waals surface area contributed by atoms with Gasteiger partial charge in [-0.15, -0.1) is 0 Å². The van der Waals surface area contributed by atoms with Gasteiger partial charge < -0.3 is 18.9 Å². The first-order valence-electron chi connectivity index (χ1n) is 21.4. The zero-order valence-electron chi connectivity index (χ0n) is 36.1. The molecule has 62 heavy (non-hydrogen) atoms. The predicted octanol–water partition coefficient (Wildman–Crippen LogP) is 12.6. The van der Waals surface area contributed by atoms with E-state index in [0.717, 1.165) is 61.0 Å². The Morgan fingerprint density at radius 3 is 0.839 bits per heavy atom. The van der Waals surface area contributed by atoms with Gasteiger partial charge in [-0.1, -0.05) is 84.9 Å². The third-order valence-corrected chi connectivity index (χ3v) is 11.6. The van der Waals surface area contributed by atoms with Crippen LogP contribution in [0.15, 0.2) is 182 Å². The number of nitrogens with zero attached hydrogens (tertiary/aromatic N) is 2. The first kappa shape index (κ1) is 41.5. The van der Waals surface area contributed by atoms with Crippen LogP contribution in [0.4, 0.5) is 0 Å². The smallest absolute Gasteiger partial charge is 0.213 e. The van der Waals surface area contributed by atoms with Crippen molar-refractivity contribution < 1.29 is 28.1 Å². The highest BCUT2D eigenvalue weighted by Crippen LogP contribution is 2.37. The van der Waals surface area contributed by atoms with Crippen molar-refractivity contribution >= 4 is 0 Å². The highest BCUT2D eigenvalue weighted by Gasteiger charge is 2.25. The zero-order chi connectivity index (χ0) is 42.7. The molecule has 0 radical (unpaired) electrons. The fraction of sp³-hybridized carbons (Fsp3) is 0.179. The van der Waals surface area contributed by atoms with Crippen molar-refractivity contribution in [1.82, 2.24) is 0 Å². The van der Waals surface area contributed by atoms with E-state index >= 15 is 0 Å². The summed E-state index contributed by atoms with van der Waals surface area (Å²) in [4.78, 5) is 0. The molecule has 8 rings (SSSR count). The Morgan fingerprint density at radius 1 is 0.274 bits per heavy atom. The van der Waals surface area contributed by atoms with E-state index in [1.807, 2.05) is 12.1 Å². The SMILES string of the molecule is COc1ccc(-c2cc(-c3ccccc3)[n+](CCCCCC[n+]3c(-c4ccccc4)cc(-c4ccc(OC)c(OC)c4)cc3-c3ccccc3)c(-c3ccccc3)c2)cc1OC. The number of benzene rings is 6. The Bertz CT molecular complexity index is 2410. The minimum atomic E-state index is 0.711. The summed E-state index contributed by atoms with van der Waals surface area (Å²) < 4.78 is 27.6. The zero-order valence-corrected chi connectivity index (χ0v) is 36.1. The Balaban J connectivity index is 1.10. The molecule has 0 unspecified atom stereocenters. The van der Waals surface area contributed by atoms with Crippen molar-refractivity contribution in [2.75, 3.05) is 28.4 Å². The van der Waals surface area contributed by atoms with Crippen molar-refractivity contribution in [2.45, 2.75) is 38.8 Å². The van der Waals surface area contributed by atoms with Crippen LogP contribution in [-0.4, -0.2) is 28.4 Å². The van der Waals surface area contributed by atoms with Crippen LogP contribution in [0.1, 0.15) is 25.7 Å². The maximum atomic E-state index is 5.72. The number of ether oxygens (including phenoxy) is 4. The summed E-state index contributed by atoms with van der Waals surface area (Å²) >= 11 is 0. The first-order valence-corrected chi connectivity index (χ1v) is 21.4. The van der Waals surface area contributed by atoms with Gasteiger partial charge in [0.25, 0.3) is 0 Å². The molecule has 0 bridgehead atoms. The number of aromatic nitrogens is 2. The number of hydrogen-bond acceptors (Lipinski definition) is 4. The van der Waals surface area contributed by atoms with Crippen LogP contribution in [0.25, 0.3) is 67.3 Å². The molecule has 0 saturated carbocycles. The molecule has 0 aliphatic heterocycles. The molecule has 8 aromatic rings. The normalized spacial score (nSPS) is 11.0. The van der Waals surface area contributed by atoms with Crippen molar-refractivity contribution in [3.8, 4) is 90.3 Å². The van der Waals surface area contributed by atoms with E-state index in [4.69, 9.17) is 18.9 Å². The van der Waals surface area contributed by atoms with Gasteiger partial charge in [-0.25, -0.2) is 0 Å². The molecular formula is C56H54N2O4+2. The maximum absolute atomic E-state index is 5.72. The lowest BCUT2D eigenvalue weighted by atomic mass is 9.98. The highest BCUT2D eigenvalue weighted by atomic mass is 16.5. The van der Waals surface area contributed by atoms with Crippen molar-refractivity contribution in [2.24, 2.45) is 0 Å². The van der Waals surface area contributed by atoms with Crippen LogP contribution in [0.2, 0.25) is 0 Å². The summed E-state index contributed by atoms with van der Waals surface area (Å²) in [6, 6.07) is 64.6. The number of pyridine rings is 2. The standard InChI is InChI=1S/C56H54N2O4/c1-59-53-31-29-45(39-55(53)61-3)47-35-49(41-21-11-7-12-22-41)57(50(36-47)42-23-13-8-14-24-42)33-19-5-6-20-34-58-51(43-25-15-9-16-26-43)37-48(38-52(58)44-27-17-10-18-28-44)46-30-32-54(60-2)56(40-46)62-4/h7-18,21-32,35-40H,5-6,19-20,33-34H2,1-4H3/q+2. The third-order valence-electron chi connectivity index (χ3n) is 11.6. The maximum Gasteiger partial charge on any atom is 0.213 e. The fourth-order valence-electron chi connectivity index (χ4n) is 8.38. The summed E-state index contributed by atoms with van der Waals surface area (Å²) in [7, 11) is 6.72. The Morgan fingerprint density at radius 2 is 0.565 bits per heavy atom. The Labute approximate surface area is 366 Å². The summed E-state index contributed by atoms with van der Waals surface area (Å²) in [5, 5.41) is 0. The van der Waals surface area contributed by atoms with Crippen molar-refractivity contribution in [1.29, 1.82) is 0 Å². The largest absolute Gasteiger partial charge is 0.493 e. The molecule has 0 aliphatic rings. The molecule has 2 aromatic heterocycles. The summed E-state index contributed by atoms with van der Waals surface area (Å²) in [5.41, 5.74) is 13.8. The van der Waals surface area contributed by atoms with Gasteiger partial charge in [0.2, 0.25) is 22.8 Å². The van der Waals surface area contributed by atoms with E-state index in [1.165, 1.54) is 45.0 Å². The van der Waals surface area contributed by atoms with E-state index < -0.39 is 0 Å². The van der Waals surface area contributed by atoms with Gasteiger partial charge in [-0.2, -0.15) is 9.13 Å². The molecule has 0 saturated heterocycles. The molecule has 2 heterocycles. The minimum absolute atomic E-state index is 0.711. The van der Waals surface area contributed by atoms with E-state index in [9.17, 15) is 0 Å². The van der Waals surface area contributed by atoms with Gasteiger partial charge in [0.1, 0.15) is 13.1 Å². The molecule has 6 heteroatoms. The molecule has 0 amide bonds. The van der Waals surface area contributed by atoms with Crippen LogP contribution in [-0.2, 0) is 13.1 Å². The van der Waals surface area contributed by atoms with E-state index in [2.05, 4.69) is 179 Å². The van der Waals surface area contributed by atoms with E-state index in [0.29, 0.717) is 23.0 Å². The van der Waals surface area contributed by atoms with E-state index in [-0.39, 0.29) is 0 Å². The van der Waals surface area contributed by atoms with Gasteiger partial charge in [0, 0.05) is 59.4 Å². The quantitative estimate of drug-likeness (QED) is 0.0678.